The van der Waals surface area contributed by atoms with Crippen molar-refractivity contribution < 1.29 is 5.11 Å². The lowest BCUT2D eigenvalue weighted by molar-refractivity contribution is 0.0352. The van der Waals surface area contributed by atoms with Gasteiger partial charge in [-0.2, -0.15) is 0 Å². The van der Waals surface area contributed by atoms with E-state index in [1.165, 1.54) is 0 Å². The predicted octanol–water partition coefficient (Wildman–Crippen LogP) is 3.06. The van der Waals surface area contributed by atoms with Gasteiger partial charge < -0.3 is 5.11 Å². The Kier molecular flexibility index (Phi) is 5.73. The van der Waals surface area contributed by atoms with E-state index >= 15 is 0 Å². The van der Waals surface area contributed by atoms with E-state index in [1.54, 1.807) is 12.2 Å². The molecule has 0 rings (SSSR count). The van der Waals surface area contributed by atoms with Crippen LogP contribution < -0.4 is 0 Å². The van der Waals surface area contributed by atoms with Crippen LogP contribution in [0.5, 0.6) is 0 Å². The molecule has 0 amide bonds. The first-order valence-corrected chi connectivity index (χ1v) is 4.62. The van der Waals surface area contributed by atoms with Crippen molar-refractivity contribution in [2.24, 2.45) is 0 Å². The third-order valence-corrected chi connectivity index (χ3v) is 2.04. The van der Waals surface area contributed by atoms with Crippen LogP contribution >= 0.6 is 0 Å². The van der Waals surface area contributed by atoms with Gasteiger partial charge in [-0.25, -0.2) is 0 Å². The van der Waals surface area contributed by atoms with Crippen molar-refractivity contribution in [3.63, 3.8) is 0 Å². The molecule has 0 heterocycles. The standard InChI is InChI=1S/C11H20O/c1-4-7-10-11(12,8-5-2)9-6-3/h5-6,12H,2-4,7-10H2,1H3. The minimum absolute atomic E-state index is 0.584. The van der Waals surface area contributed by atoms with Crippen LogP contribution in [0.15, 0.2) is 25.3 Å². The molecule has 0 aliphatic carbocycles. The molecule has 12 heavy (non-hydrogen) atoms. The molecule has 0 radical (unpaired) electrons. The van der Waals surface area contributed by atoms with Gasteiger partial charge in [-0.1, -0.05) is 31.9 Å². The Balaban J connectivity index is 3.96. The molecule has 0 saturated heterocycles. The predicted molar refractivity (Wildman–Crippen MR) is 54.1 cm³/mol. The van der Waals surface area contributed by atoms with Gasteiger partial charge in [-0.05, 0) is 19.3 Å². The molecule has 1 heteroatoms. The van der Waals surface area contributed by atoms with Crippen LogP contribution in [-0.2, 0) is 0 Å². The van der Waals surface area contributed by atoms with Crippen LogP contribution in [0.25, 0.3) is 0 Å². The minimum Gasteiger partial charge on any atom is -0.389 e. The SMILES string of the molecule is C=CCC(O)(CC=C)CCCC. The van der Waals surface area contributed by atoms with Crippen LogP contribution in [0.1, 0.15) is 39.0 Å². The molecule has 0 saturated carbocycles. The summed E-state index contributed by atoms with van der Waals surface area (Å²) >= 11 is 0. The molecule has 1 nitrogen and oxygen atoms in total. The summed E-state index contributed by atoms with van der Waals surface area (Å²) in [5, 5.41) is 10.00. The average Bonchev–Trinajstić information content (AvgIpc) is 2.02. The second-order valence-electron chi connectivity index (χ2n) is 3.31. The first-order valence-electron chi connectivity index (χ1n) is 4.62. The van der Waals surface area contributed by atoms with Crippen molar-refractivity contribution in [2.75, 3.05) is 0 Å². The fraction of sp³-hybridized carbons (Fsp3) is 0.636. The summed E-state index contributed by atoms with van der Waals surface area (Å²) in [6, 6.07) is 0. The van der Waals surface area contributed by atoms with E-state index in [-0.39, 0.29) is 0 Å². The quantitative estimate of drug-likeness (QED) is 0.579. The molecule has 0 aliphatic heterocycles. The lowest BCUT2D eigenvalue weighted by atomic mass is 9.90. The molecular formula is C11H20O. The molecule has 0 aromatic rings. The second kappa shape index (κ2) is 6.01. The van der Waals surface area contributed by atoms with Crippen LogP contribution in [-0.4, -0.2) is 10.7 Å². The van der Waals surface area contributed by atoms with Crippen molar-refractivity contribution in [3.05, 3.63) is 25.3 Å². The van der Waals surface area contributed by atoms with E-state index in [0.29, 0.717) is 12.8 Å². The van der Waals surface area contributed by atoms with E-state index in [4.69, 9.17) is 0 Å². The monoisotopic (exact) mass is 168 g/mol. The summed E-state index contributed by atoms with van der Waals surface area (Å²) in [6.45, 7) is 9.41. The highest BCUT2D eigenvalue weighted by Gasteiger charge is 2.22. The maximum absolute atomic E-state index is 10.00. The number of hydrogen-bond acceptors (Lipinski definition) is 1. The average molecular weight is 168 g/mol. The maximum atomic E-state index is 10.00. The van der Waals surface area contributed by atoms with Crippen molar-refractivity contribution in [1.29, 1.82) is 0 Å². The maximum Gasteiger partial charge on any atom is 0.0716 e. The Labute approximate surface area is 75.8 Å². The van der Waals surface area contributed by atoms with Crippen LogP contribution in [0.4, 0.5) is 0 Å². The number of rotatable bonds is 7. The zero-order valence-electron chi connectivity index (χ0n) is 8.05. The first kappa shape index (κ1) is 11.4. The first-order chi connectivity index (χ1) is 5.68. The van der Waals surface area contributed by atoms with E-state index in [2.05, 4.69) is 20.1 Å². The number of hydrogen-bond donors (Lipinski definition) is 1. The molecule has 1 N–H and O–H groups in total. The Morgan fingerprint density at radius 1 is 1.25 bits per heavy atom. The van der Waals surface area contributed by atoms with Crippen LogP contribution in [0.2, 0.25) is 0 Å². The van der Waals surface area contributed by atoms with Crippen molar-refractivity contribution >= 4 is 0 Å². The molecule has 0 aromatic carbocycles. The normalized spacial score (nSPS) is 11.2. The van der Waals surface area contributed by atoms with E-state index in [0.717, 1.165) is 19.3 Å². The van der Waals surface area contributed by atoms with Gasteiger partial charge in [0.1, 0.15) is 0 Å². The van der Waals surface area contributed by atoms with E-state index in [1.807, 2.05) is 0 Å². The summed E-state index contributed by atoms with van der Waals surface area (Å²) in [7, 11) is 0. The van der Waals surface area contributed by atoms with Gasteiger partial charge in [0, 0.05) is 0 Å². The fourth-order valence-electron chi connectivity index (χ4n) is 1.33. The van der Waals surface area contributed by atoms with Gasteiger partial charge in [0.25, 0.3) is 0 Å². The molecule has 0 spiro atoms. The highest BCUT2D eigenvalue weighted by atomic mass is 16.3. The lowest BCUT2D eigenvalue weighted by Gasteiger charge is -2.25. The van der Waals surface area contributed by atoms with E-state index < -0.39 is 5.60 Å². The molecule has 0 aromatic heterocycles. The second-order valence-corrected chi connectivity index (χ2v) is 3.31. The Hall–Kier alpha value is -0.560. The summed E-state index contributed by atoms with van der Waals surface area (Å²) in [5.41, 5.74) is -0.584. The zero-order valence-corrected chi connectivity index (χ0v) is 8.05. The number of aliphatic hydroxyl groups is 1. The van der Waals surface area contributed by atoms with Crippen molar-refractivity contribution in [2.45, 2.75) is 44.6 Å². The van der Waals surface area contributed by atoms with Gasteiger partial charge >= 0.3 is 0 Å². The minimum atomic E-state index is -0.584. The summed E-state index contributed by atoms with van der Waals surface area (Å²) in [5.74, 6) is 0. The smallest absolute Gasteiger partial charge is 0.0716 e. The van der Waals surface area contributed by atoms with Crippen LogP contribution in [0.3, 0.4) is 0 Å². The third-order valence-electron chi connectivity index (χ3n) is 2.04. The van der Waals surface area contributed by atoms with E-state index in [9.17, 15) is 5.11 Å². The molecular weight excluding hydrogens is 148 g/mol. The topological polar surface area (TPSA) is 20.2 Å². The molecule has 70 valence electrons. The fourth-order valence-corrected chi connectivity index (χ4v) is 1.33. The molecule has 0 unspecified atom stereocenters. The largest absolute Gasteiger partial charge is 0.389 e. The zero-order chi connectivity index (χ0) is 9.45. The Bertz CT molecular complexity index is 128. The van der Waals surface area contributed by atoms with Gasteiger partial charge in [0.05, 0.1) is 5.60 Å². The summed E-state index contributed by atoms with van der Waals surface area (Å²) in [6.07, 6.45) is 7.92. The Morgan fingerprint density at radius 3 is 2.08 bits per heavy atom. The highest BCUT2D eigenvalue weighted by Crippen LogP contribution is 2.23. The number of unbranched alkanes of at least 4 members (excludes halogenated alkanes) is 1. The summed E-state index contributed by atoms with van der Waals surface area (Å²) in [4.78, 5) is 0. The molecule has 0 fully saturated rings. The lowest BCUT2D eigenvalue weighted by Crippen LogP contribution is -2.26. The Morgan fingerprint density at radius 2 is 1.75 bits per heavy atom. The van der Waals surface area contributed by atoms with Crippen molar-refractivity contribution in [1.82, 2.24) is 0 Å². The summed E-state index contributed by atoms with van der Waals surface area (Å²) < 4.78 is 0. The van der Waals surface area contributed by atoms with Gasteiger partial charge in [-0.15, -0.1) is 13.2 Å². The van der Waals surface area contributed by atoms with Gasteiger partial charge in [0.15, 0.2) is 0 Å². The highest BCUT2D eigenvalue weighted by molar-refractivity contribution is 4.91. The molecule has 0 atom stereocenters. The van der Waals surface area contributed by atoms with Crippen molar-refractivity contribution in [3.8, 4) is 0 Å². The van der Waals surface area contributed by atoms with Gasteiger partial charge in [0.2, 0.25) is 0 Å². The molecule has 0 bridgehead atoms. The van der Waals surface area contributed by atoms with Gasteiger partial charge in [-0.3, -0.25) is 0 Å². The van der Waals surface area contributed by atoms with Crippen LogP contribution in [0, 0.1) is 0 Å². The third kappa shape index (κ3) is 4.35. The molecule has 0 aliphatic rings.